The zero-order chi connectivity index (χ0) is 9.14. The van der Waals surface area contributed by atoms with Crippen LogP contribution in [-0.2, 0) is 4.79 Å². The van der Waals surface area contributed by atoms with Crippen molar-refractivity contribution in [2.24, 2.45) is 17.8 Å². The summed E-state index contributed by atoms with van der Waals surface area (Å²) in [6, 6.07) is 0. The molecule has 1 aliphatic rings. The van der Waals surface area contributed by atoms with E-state index in [-0.39, 0.29) is 11.8 Å². The van der Waals surface area contributed by atoms with Gasteiger partial charge in [-0.3, -0.25) is 4.79 Å². The first-order valence-electron chi connectivity index (χ1n) is 4.92. The van der Waals surface area contributed by atoms with E-state index in [1.165, 1.54) is 6.42 Å². The molecule has 1 rings (SSSR count). The molecule has 0 aromatic heterocycles. The molecule has 1 N–H and O–H groups in total. The Kier molecular flexibility index (Phi) is 3.12. The lowest BCUT2D eigenvalue weighted by molar-refractivity contribution is -0.123. The van der Waals surface area contributed by atoms with Gasteiger partial charge in [-0.25, -0.2) is 0 Å². The van der Waals surface area contributed by atoms with E-state index in [1.807, 2.05) is 0 Å². The van der Waals surface area contributed by atoms with Crippen LogP contribution in [0.5, 0.6) is 0 Å². The largest absolute Gasteiger partial charge is 0.356 e. The summed E-state index contributed by atoms with van der Waals surface area (Å²) in [6.07, 6.45) is 2.17. The predicted molar refractivity (Wildman–Crippen MR) is 49.7 cm³/mol. The van der Waals surface area contributed by atoms with Crippen molar-refractivity contribution in [1.82, 2.24) is 5.32 Å². The SMILES string of the molecule is CCC1C(=O)NCC1CC(C)C. The van der Waals surface area contributed by atoms with Crippen LogP contribution in [0.15, 0.2) is 0 Å². The molecule has 0 radical (unpaired) electrons. The highest BCUT2D eigenvalue weighted by Gasteiger charge is 2.32. The lowest BCUT2D eigenvalue weighted by atomic mass is 9.86. The second kappa shape index (κ2) is 3.92. The Morgan fingerprint density at radius 2 is 2.25 bits per heavy atom. The van der Waals surface area contributed by atoms with Crippen molar-refractivity contribution >= 4 is 5.91 Å². The number of carbonyl (C=O) groups excluding carboxylic acids is 1. The van der Waals surface area contributed by atoms with E-state index in [2.05, 4.69) is 26.1 Å². The summed E-state index contributed by atoms with van der Waals surface area (Å²) >= 11 is 0. The maximum atomic E-state index is 11.3. The van der Waals surface area contributed by atoms with Gasteiger partial charge in [-0.05, 0) is 24.7 Å². The van der Waals surface area contributed by atoms with Crippen LogP contribution >= 0.6 is 0 Å². The average molecular weight is 169 g/mol. The monoisotopic (exact) mass is 169 g/mol. The Balaban J connectivity index is 2.48. The third-order valence-corrected chi connectivity index (χ3v) is 2.66. The van der Waals surface area contributed by atoms with Crippen molar-refractivity contribution in [2.75, 3.05) is 6.54 Å². The first-order valence-corrected chi connectivity index (χ1v) is 4.92. The molecule has 0 bridgehead atoms. The molecule has 12 heavy (non-hydrogen) atoms. The Morgan fingerprint density at radius 3 is 2.75 bits per heavy atom. The van der Waals surface area contributed by atoms with Gasteiger partial charge in [0.25, 0.3) is 0 Å². The number of rotatable bonds is 3. The van der Waals surface area contributed by atoms with Crippen LogP contribution in [0.25, 0.3) is 0 Å². The van der Waals surface area contributed by atoms with E-state index >= 15 is 0 Å². The smallest absolute Gasteiger partial charge is 0.223 e. The fraction of sp³-hybridized carbons (Fsp3) is 0.900. The highest BCUT2D eigenvalue weighted by atomic mass is 16.2. The van der Waals surface area contributed by atoms with Crippen LogP contribution < -0.4 is 5.32 Å². The third-order valence-electron chi connectivity index (χ3n) is 2.66. The van der Waals surface area contributed by atoms with Crippen molar-refractivity contribution in [3.8, 4) is 0 Å². The van der Waals surface area contributed by atoms with Gasteiger partial charge in [-0.2, -0.15) is 0 Å². The van der Waals surface area contributed by atoms with E-state index in [1.54, 1.807) is 0 Å². The highest BCUT2D eigenvalue weighted by Crippen LogP contribution is 2.26. The molecular weight excluding hydrogens is 150 g/mol. The maximum Gasteiger partial charge on any atom is 0.223 e. The zero-order valence-corrected chi connectivity index (χ0v) is 8.26. The summed E-state index contributed by atoms with van der Waals surface area (Å²) in [4.78, 5) is 11.3. The van der Waals surface area contributed by atoms with E-state index in [4.69, 9.17) is 0 Å². The van der Waals surface area contributed by atoms with Gasteiger partial charge in [0.1, 0.15) is 0 Å². The number of nitrogens with one attached hydrogen (secondary N) is 1. The van der Waals surface area contributed by atoms with Crippen molar-refractivity contribution in [3.05, 3.63) is 0 Å². The number of hydrogen-bond acceptors (Lipinski definition) is 1. The van der Waals surface area contributed by atoms with Gasteiger partial charge in [0.15, 0.2) is 0 Å². The molecule has 2 heteroatoms. The number of amides is 1. The molecule has 0 aliphatic carbocycles. The molecule has 1 fully saturated rings. The Morgan fingerprint density at radius 1 is 1.58 bits per heavy atom. The second-order valence-corrected chi connectivity index (χ2v) is 4.15. The Hall–Kier alpha value is -0.530. The van der Waals surface area contributed by atoms with Gasteiger partial charge < -0.3 is 5.32 Å². The minimum atomic E-state index is 0.267. The zero-order valence-electron chi connectivity index (χ0n) is 8.26. The Labute approximate surface area is 74.7 Å². The van der Waals surface area contributed by atoms with Gasteiger partial charge in [0.2, 0.25) is 5.91 Å². The summed E-state index contributed by atoms with van der Waals surface area (Å²) in [7, 11) is 0. The lowest BCUT2D eigenvalue weighted by Crippen LogP contribution is -2.19. The summed E-state index contributed by atoms with van der Waals surface area (Å²) in [6.45, 7) is 7.43. The van der Waals surface area contributed by atoms with Crippen molar-refractivity contribution in [1.29, 1.82) is 0 Å². The highest BCUT2D eigenvalue weighted by molar-refractivity contribution is 5.81. The van der Waals surface area contributed by atoms with Gasteiger partial charge >= 0.3 is 0 Å². The number of carbonyl (C=O) groups is 1. The van der Waals surface area contributed by atoms with Crippen molar-refractivity contribution in [2.45, 2.75) is 33.6 Å². The Bertz CT molecular complexity index is 165. The van der Waals surface area contributed by atoms with Crippen LogP contribution in [0.3, 0.4) is 0 Å². The minimum absolute atomic E-state index is 0.267. The molecule has 0 spiro atoms. The molecule has 0 aromatic rings. The standard InChI is InChI=1S/C10H19NO/c1-4-9-8(5-7(2)3)6-11-10(9)12/h7-9H,4-6H2,1-3H3,(H,11,12). The average Bonchev–Trinajstić information content (AvgIpc) is 2.30. The number of hydrogen-bond donors (Lipinski definition) is 1. The molecular formula is C10H19NO. The van der Waals surface area contributed by atoms with E-state index < -0.39 is 0 Å². The predicted octanol–water partition coefficient (Wildman–Crippen LogP) is 1.80. The van der Waals surface area contributed by atoms with E-state index in [9.17, 15) is 4.79 Å². The normalized spacial score (nSPS) is 29.5. The maximum absolute atomic E-state index is 11.3. The van der Waals surface area contributed by atoms with Gasteiger partial charge in [0, 0.05) is 12.5 Å². The molecule has 1 aliphatic heterocycles. The lowest BCUT2D eigenvalue weighted by Gasteiger charge is -2.16. The summed E-state index contributed by atoms with van der Waals surface area (Å²) < 4.78 is 0. The van der Waals surface area contributed by atoms with Gasteiger partial charge in [0.05, 0.1) is 0 Å². The second-order valence-electron chi connectivity index (χ2n) is 4.15. The quantitative estimate of drug-likeness (QED) is 0.686. The van der Waals surface area contributed by atoms with E-state index in [0.29, 0.717) is 11.8 Å². The molecule has 1 heterocycles. The summed E-state index contributed by atoms with van der Waals surface area (Å²) in [5, 5.41) is 2.94. The third kappa shape index (κ3) is 1.99. The van der Waals surface area contributed by atoms with Crippen LogP contribution in [0.4, 0.5) is 0 Å². The molecule has 70 valence electrons. The minimum Gasteiger partial charge on any atom is -0.356 e. The first kappa shape index (κ1) is 9.56. The molecule has 2 unspecified atom stereocenters. The molecule has 0 saturated carbocycles. The molecule has 1 amide bonds. The molecule has 2 nitrogen and oxygen atoms in total. The topological polar surface area (TPSA) is 29.1 Å². The van der Waals surface area contributed by atoms with Crippen LogP contribution in [-0.4, -0.2) is 12.5 Å². The van der Waals surface area contributed by atoms with Crippen LogP contribution in [0.2, 0.25) is 0 Å². The molecule has 0 aromatic carbocycles. The summed E-state index contributed by atoms with van der Waals surface area (Å²) in [5.41, 5.74) is 0. The van der Waals surface area contributed by atoms with Gasteiger partial charge in [-0.1, -0.05) is 20.8 Å². The van der Waals surface area contributed by atoms with Crippen molar-refractivity contribution < 1.29 is 4.79 Å². The first-order chi connectivity index (χ1) is 5.65. The van der Waals surface area contributed by atoms with Crippen LogP contribution in [0, 0.1) is 17.8 Å². The van der Waals surface area contributed by atoms with Crippen LogP contribution in [0.1, 0.15) is 33.6 Å². The fourth-order valence-corrected chi connectivity index (χ4v) is 2.09. The van der Waals surface area contributed by atoms with E-state index in [0.717, 1.165) is 13.0 Å². The molecule has 2 atom stereocenters. The van der Waals surface area contributed by atoms with Gasteiger partial charge in [-0.15, -0.1) is 0 Å². The summed E-state index contributed by atoms with van der Waals surface area (Å²) in [5.74, 6) is 1.84. The fourth-order valence-electron chi connectivity index (χ4n) is 2.09. The molecule has 1 saturated heterocycles. The van der Waals surface area contributed by atoms with Crippen molar-refractivity contribution in [3.63, 3.8) is 0 Å².